The first-order valence-corrected chi connectivity index (χ1v) is 8.09. The van der Waals surface area contributed by atoms with Gasteiger partial charge in [-0.05, 0) is 24.3 Å². The molecule has 3 nitrogen and oxygen atoms in total. The molecule has 2 heterocycles. The Labute approximate surface area is 157 Å². The summed E-state index contributed by atoms with van der Waals surface area (Å²) in [5.74, 6) is -5.05. The molecule has 2 aromatic rings. The van der Waals surface area contributed by atoms with Gasteiger partial charge in [0.15, 0.2) is 0 Å². The van der Waals surface area contributed by atoms with Gasteiger partial charge in [0.05, 0.1) is 13.2 Å². The minimum atomic E-state index is -4.81. The van der Waals surface area contributed by atoms with Crippen LogP contribution in [0, 0.1) is 23.3 Å². The smallest absolute Gasteiger partial charge is 0.355 e. The predicted octanol–water partition coefficient (Wildman–Crippen LogP) is 4.60. The Balaban J connectivity index is 1.67. The van der Waals surface area contributed by atoms with Crippen LogP contribution in [-0.4, -0.2) is 25.4 Å². The number of epoxide rings is 2. The highest BCUT2D eigenvalue weighted by Crippen LogP contribution is 2.59. The average molecular weight is 426 g/mol. The minimum Gasteiger partial charge on any atom is -0.355 e. The lowest BCUT2D eigenvalue weighted by Gasteiger charge is -2.31. The van der Waals surface area contributed by atoms with Crippen LogP contribution in [0.1, 0.15) is 11.1 Å². The maximum Gasteiger partial charge on any atom is 0.395 e. The standard InChI is InChI=1S/C18H10F8O3/c19-9-1-3-11(13(21)5-9)15(7-27-15)17(23,24)29-18(25,26)16(8-28-16)12-4-2-10(20)6-14(12)22/h1-6H,7-8H2. The van der Waals surface area contributed by atoms with Crippen molar-refractivity contribution < 1.29 is 49.3 Å². The zero-order valence-corrected chi connectivity index (χ0v) is 14.1. The summed E-state index contributed by atoms with van der Waals surface area (Å²) in [6.45, 7) is -1.78. The number of rotatable bonds is 6. The summed E-state index contributed by atoms with van der Waals surface area (Å²) in [7, 11) is 0. The zero-order valence-electron chi connectivity index (χ0n) is 14.1. The second kappa shape index (κ2) is 6.13. The molecule has 0 bridgehead atoms. The second-order valence-electron chi connectivity index (χ2n) is 6.62. The predicted molar refractivity (Wildman–Crippen MR) is 79.0 cm³/mol. The lowest BCUT2D eigenvalue weighted by molar-refractivity contribution is -0.414. The van der Waals surface area contributed by atoms with Gasteiger partial charge in [0.1, 0.15) is 23.3 Å². The molecule has 0 amide bonds. The zero-order chi connectivity index (χ0) is 21.2. The average Bonchev–Trinajstić information content (AvgIpc) is 3.48. The number of benzene rings is 2. The Kier molecular flexibility index (Phi) is 4.24. The Morgan fingerprint density at radius 1 is 0.690 bits per heavy atom. The molecule has 2 aliphatic heterocycles. The molecule has 2 unspecified atom stereocenters. The molecule has 2 aliphatic rings. The molecule has 0 aliphatic carbocycles. The third-order valence-electron chi connectivity index (χ3n) is 4.80. The molecule has 0 radical (unpaired) electrons. The van der Waals surface area contributed by atoms with E-state index in [1.54, 1.807) is 0 Å². The summed E-state index contributed by atoms with van der Waals surface area (Å²) in [5, 5.41) is 0. The molecule has 2 aromatic carbocycles. The maximum absolute atomic E-state index is 14.7. The van der Waals surface area contributed by atoms with E-state index in [2.05, 4.69) is 14.2 Å². The molecular formula is C18H10F8O3. The van der Waals surface area contributed by atoms with Crippen LogP contribution in [0.3, 0.4) is 0 Å². The van der Waals surface area contributed by atoms with Gasteiger partial charge in [-0.15, -0.1) is 0 Å². The van der Waals surface area contributed by atoms with Gasteiger partial charge in [-0.2, -0.15) is 17.6 Å². The highest BCUT2D eigenvalue weighted by molar-refractivity contribution is 5.33. The van der Waals surface area contributed by atoms with Gasteiger partial charge < -0.3 is 9.47 Å². The molecule has 29 heavy (non-hydrogen) atoms. The van der Waals surface area contributed by atoms with E-state index in [1.807, 2.05) is 0 Å². The van der Waals surface area contributed by atoms with Crippen LogP contribution in [0.25, 0.3) is 0 Å². The number of hydrogen-bond acceptors (Lipinski definition) is 3. The third-order valence-corrected chi connectivity index (χ3v) is 4.80. The first-order valence-electron chi connectivity index (χ1n) is 8.09. The van der Waals surface area contributed by atoms with E-state index in [4.69, 9.17) is 0 Å². The van der Waals surface area contributed by atoms with Crippen molar-refractivity contribution in [2.24, 2.45) is 0 Å². The normalized spacial score (nSPS) is 26.5. The summed E-state index contributed by atoms with van der Waals surface area (Å²) in [5.41, 5.74) is -7.63. The lowest BCUT2D eigenvalue weighted by atomic mass is 9.96. The summed E-state index contributed by atoms with van der Waals surface area (Å²) in [6, 6.07) is 3.11. The van der Waals surface area contributed by atoms with Crippen LogP contribution in [0.4, 0.5) is 35.1 Å². The van der Waals surface area contributed by atoms with E-state index < -0.39 is 71.0 Å². The number of hydrogen-bond donors (Lipinski definition) is 0. The summed E-state index contributed by atoms with van der Waals surface area (Å²) >= 11 is 0. The van der Waals surface area contributed by atoms with Gasteiger partial charge >= 0.3 is 12.2 Å². The van der Waals surface area contributed by atoms with E-state index in [0.29, 0.717) is 24.3 Å². The largest absolute Gasteiger partial charge is 0.395 e. The van der Waals surface area contributed by atoms with Crippen LogP contribution in [-0.2, 0) is 25.4 Å². The fourth-order valence-corrected chi connectivity index (χ4v) is 3.06. The Morgan fingerprint density at radius 2 is 1.03 bits per heavy atom. The van der Waals surface area contributed by atoms with Crippen molar-refractivity contribution in [1.29, 1.82) is 0 Å². The molecule has 11 heteroatoms. The second-order valence-corrected chi connectivity index (χ2v) is 6.62. The Bertz CT molecular complexity index is 892. The van der Waals surface area contributed by atoms with Crippen LogP contribution >= 0.6 is 0 Å². The maximum atomic E-state index is 14.7. The van der Waals surface area contributed by atoms with Crippen molar-refractivity contribution in [1.82, 2.24) is 0 Å². The van der Waals surface area contributed by atoms with Gasteiger partial charge in [0.25, 0.3) is 0 Å². The minimum absolute atomic E-state index is 0.284. The monoisotopic (exact) mass is 426 g/mol. The van der Waals surface area contributed by atoms with Crippen LogP contribution in [0.5, 0.6) is 0 Å². The molecule has 0 saturated carbocycles. The molecule has 156 valence electrons. The topological polar surface area (TPSA) is 34.3 Å². The van der Waals surface area contributed by atoms with Crippen molar-refractivity contribution >= 4 is 0 Å². The molecule has 0 spiro atoms. The SMILES string of the molecule is Fc1ccc(C2(C(F)(F)OC(F)(F)C3(c4ccc(F)cc4F)CO3)CO2)c(F)c1. The first-order chi connectivity index (χ1) is 13.4. The number of ether oxygens (including phenoxy) is 3. The lowest BCUT2D eigenvalue weighted by Crippen LogP contribution is -2.49. The molecule has 2 saturated heterocycles. The number of alkyl halides is 4. The van der Waals surface area contributed by atoms with Gasteiger partial charge in [-0.1, -0.05) is 0 Å². The first kappa shape index (κ1) is 20.0. The number of halogens is 8. The van der Waals surface area contributed by atoms with Crippen LogP contribution in [0.2, 0.25) is 0 Å². The van der Waals surface area contributed by atoms with Crippen molar-refractivity contribution in [2.45, 2.75) is 23.4 Å². The molecule has 2 atom stereocenters. The van der Waals surface area contributed by atoms with E-state index in [0.717, 1.165) is 0 Å². The van der Waals surface area contributed by atoms with Gasteiger partial charge in [-0.3, -0.25) is 0 Å². The molecular weight excluding hydrogens is 416 g/mol. The highest BCUT2D eigenvalue weighted by atomic mass is 19.3. The quantitative estimate of drug-likeness (QED) is 0.501. The van der Waals surface area contributed by atoms with Crippen LogP contribution in [0.15, 0.2) is 36.4 Å². The van der Waals surface area contributed by atoms with Gasteiger partial charge in [0, 0.05) is 23.3 Å². The fourth-order valence-electron chi connectivity index (χ4n) is 3.06. The van der Waals surface area contributed by atoms with Crippen molar-refractivity contribution in [3.05, 3.63) is 70.8 Å². The summed E-state index contributed by atoms with van der Waals surface area (Å²) in [6.07, 6.45) is -9.63. The summed E-state index contributed by atoms with van der Waals surface area (Å²) < 4.78 is 125. The van der Waals surface area contributed by atoms with E-state index in [-0.39, 0.29) is 12.1 Å². The van der Waals surface area contributed by atoms with E-state index in [1.165, 1.54) is 0 Å². The fraction of sp³-hybridized carbons (Fsp3) is 0.333. The highest BCUT2D eigenvalue weighted by Gasteiger charge is 2.76. The van der Waals surface area contributed by atoms with Crippen molar-refractivity contribution in [3.63, 3.8) is 0 Å². The van der Waals surface area contributed by atoms with Gasteiger partial charge in [0.2, 0.25) is 11.2 Å². The Morgan fingerprint density at radius 3 is 1.31 bits per heavy atom. The summed E-state index contributed by atoms with van der Waals surface area (Å²) in [4.78, 5) is 0. The van der Waals surface area contributed by atoms with Crippen LogP contribution < -0.4 is 0 Å². The molecule has 4 rings (SSSR count). The molecule has 0 aromatic heterocycles. The third kappa shape index (κ3) is 2.99. The molecule has 0 N–H and O–H groups in total. The van der Waals surface area contributed by atoms with E-state index >= 15 is 0 Å². The van der Waals surface area contributed by atoms with Crippen molar-refractivity contribution in [3.8, 4) is 0 Å². The van der Waals surface area contributed by atoms with E-state index in [9.17, 15) is 35.1 Å². The Hall–Kier alpha value is -2.24. The van der Waals surface area contributed by atoms with Crippen molar-refractivity contribution in [2.75, 3.05) is 13.2 Å². The van der Waals surface area contributed by atoms with Gasteiger partial charge in [-0.25, -0.2) is 22.3 Å². The molecule has 2 fully saturated rings.